The molecule has 29 heavy (non-hydrogen) atoms. The summed E-state index contributed by atoms with van der Waals surface area (Å²) in [5, 5.41) is 3.00. The number of ether oxygens (including phenoxy) is 1. The van der Waals surface area contributed by atoms with Gasteiger partial charge in [0.25, 0.3) is 5.91 Å². The molecule has 152 valence electrons. The van der Waals surface area contributed by atoms with Crippen molar-refractivity contribution in [3.05, 3.63) is 75.7 Å². The molecule has 0 saturated carbocycles. The number of hydrogen-bond acceptors (Lipinski definition) is 4. The second kappa shape index (κ2) is 9.20. The van der Waals surface area contributed by atoms with Gasteiger partial charge in [-0.25, -0.2) is 4.39 Å². The molecule has 6 heteroatoms. The zero-order valence-corrected chi connectivity index (χ0v) is 17.8. The van der Waals surface area contributed by atoms with Crippen LogP contribution in [0.25, 0.3) is 11.1 Å². The summed E-state index contributed by atoms with van der Waals surface area (Å²) < 4.78 is 18.8. The van der Waals surface area contributed by atoms with E-state index in [0.29, 0.717) is 11.4 Å². The maximum absolute atomic E-state index is 13.6. The van der Waals surface area contributed by atoms with E-state index in [1.165, 1.54) is 23.5 Å². The predicted octanol–water partition coefficient (Wildman–Crippen LogP) is 4.90. The minimum atomic E-state index is -0.279. The third kappa shape index (κ3) is 5.02. The van der Waals surface area contributed by atoms with E-state index >= 15 is 0 Å². The van der Waals surface area contributed by atoms with Crippen molar-refractivity contribution in [3.8, 4) is 16.9 Å². The molecule has 2 aromatic carbocycles. The van der Waals surface area contributed by atoms with Gasteiger partial charge >= 0.3 is 0 Å². The molecule has 0 aliphatic heterocycles. The minimum absolute atomic E-state index is 0.114. The van der Waals surface area contributed by atoms with Crippen molar-refractivity contribution in [3.63, 3.8) is 0 Å². The van der Waals surface area contributed by atoms with Crippen LogP contribution in [0.15, 0.2) is 54.6 Å². The second-order valence-corrected chi connectivity index (χ2v) is 8.31. The molecule has 0 aliphatic carbocycles. The van der Waals surface area contributed by atoms with Gasteiger partial charge in [0.2, 0.25) is 0 Å². The van der Waals surface area contributed by atoms with Gasteiger partial charge in [0.15, 0.2) is 0 Å². The highest BCUT2D eigenvalue weighted by Gasteiger charge is 2.18. The molecule has 1 aromatic heterocycles. The summed E-state index contributed by atoms with van der Waals surface area (Å²) in [4.78, 5) is 16.5. The lowest BCUT2D eigenvalue weighted by Gasteiger charge is -2.25. The van der Waals surface area contributed by atoms with Crippen LogP contribution in [0.2, 0.25) is 0 Å². The highest BCUT2D eigenvalue weighted by Crippen LogP contribution is 2.32. The molecule has 0 radical (unpaired) electrons. The number of benzene rings is 2. The number of aryl methyl sites for hydroxylation is 1. The number of rotatable bonds is 7. The minimum Gasteiger partial charge on any atom is -0.497 e. The van der Waals surface area contributed by atoms with Crippen molar-refractivity contribution in [2.75, 3.05) is 27.7 Å². The van der Waals surface area contributed by atoms with Crippen molar-refractivity contribution < 1.29 is 13.9 Å². The molecule has 0 bridgehead atoms. The summed E-state index contributed by atoms with van der Waals surface area (Å²) >= 11 is 1.47. The first kappa shape index (κ1) is 21.0. The number of nitrogens with zero attached hydrogens (tertiary/aromatic N) is 1. The van der Waals surface area contributed by atoms with Crippen LogP contribution in [0.3, 0.4) is 0 Å². The number of carbonyl (C=O) groups is 1. The van der Waals surface area contributed by atoms with Crippen LogP contribution >= 0.6 is 11.3 Å². The maximum atomic E-state index is 13.6. The Morgan fingerprint density at radius 2 is 1.90 bits per heavy atom. The molecule has 3 rings (SSSR count). The molecular weight excluding hydrogens is 387 g/mol. The number of amides is 1. The van der Waals surface area contributed by atoms with Crippen LogP contribution in [0.5, 0.6) is 5.75 Å². The highest BCUT2D eigenvalue weighted by atomic mass is 32.1. The van der Waals surface area contributed by atoms with Gasteiger partial charge in [0.1, 0.15) is 11.6 Å². The molecule has 0 fully saturated rings. The third-order valence-corrected chi connectivity index (χ3v) is 5.90. The van der Waals surface area contributed by atoms with Crippen molar-refractivity contribution in [2.45, 2.75) is 13.0 Å². The van der Waals surface area contributed by atoms with E-state index in [0.717, 1.165) is 27.3 Å². The SMILES string of the molecule is COc1ccc(-c2cc(C(=O)NCC(c3cccc(F)c3)N(C)C)sc2C)cc1. The predicted molar refractivity (Wildman–Crippen MR) is 116 cm³/mol. The molecule has 1 N–H and O–H groups in total. The van der Waals surface area contributed by atoms with Crippen molar-refractivity contribution in [1.29, 1.82) is 0 Å². The Morgan fingerprint density at radius 3 is 2.52 bits per heavy atom. The lowest BCUT2D eigenvalue weighted by molar-refractivity contribution is 0.0946. The van der Waals surface area contributed by atoms with E-state index < -0.39 is 0 Å². The summed E-state index contributed by atoms with van der Waals surface area (Å²) in [7, 11) is 5.47. The molecule has 4 nitrogen and oxygen atoms in total. The smallest absolute Gasteiger partial charge is 0.261 e. The molecule has 0 aliphatic rings. The van der Waals surface area contributed by atoms with Gasteiger partial charge in [-0.1, -0.05) is 24.3 Å². The third-order valence-electron chi connectivity index (χ3n) is 4.86. The van der Waals surface area contributed by atoms with Crippen LogP contribution in [0.4, 0.5) is 4.39 Å². The summed E-state index contributed by atoms with van der Waals surface area (Å²) in [6.45, 7) is 2.40. The van der Waals surface area contributed by atoms with Gasteiger partial charge in [-0.2, -0.15) is 0 Å². The van der Waals surface area contributed by atoms with Crippen LogP contribution < -0.4 is 10.1 Å². The number of thiophene rings is 1. The molecule has 1 heterocycles. The fourth-order valence-corrected chi connectivity index (χ4v) is 4.20. The molecule has 1 amide bonds. The lowest BCUT2D eigenvalue weighted by atomic mass is 10.1. The Balaban J connectivity index is 1.73. The fourth-order valence-electron chi connectivity index (χ4n) is 3.24. The lowest BCUT2D eigenvalue weighted by Crippen LogP contribution is -2.34. The number of hydrogen-bond donors (Lipinski definition) is 1. The molecule has 1 atom stereocenters. The Kier molecular flexibility index (Phi) is 6.67. The van der Waals surface area contributed by atoms with Gasteiger partial charge in [0.05, 0.1) is 18.0 Å². The summed E-state index contributed by atoms with van der Waals surface area (Å²) in [6.07, 6.45) is 0. The van der Waals surface area contributed by atoms with Crippen molar-refractivity contribution in [2.24, 2.45) is 0 Å². The number of likely N-dealkylation sites (N-methyl/N-ethyl adjacent to an activating group) is 1. The van der Waals surface area contributed by atoms with E-state index in [2.05, 4.69) is 5.32 Å². The first-order valence-electron chi connectivity index (χ1n) is 9.34. The van der Waals surface area contributed by atoms with Gasteiger partial charge in [0, 0.05) is 11.4 Å². The van der Waals surface area contributed by atoms with Crippen LogP contribution in [-0.2, 0) is 0 Å². The molecule has 0 spiro atoms. The Bertz CT molecular complexity index is 983. The number of carbonyl (C=O) groups excluding carboxylic acids is 1. The molecular formula is C23H25FN2O2S. The van der Waals surface area contributed by atoms with Crippen LogP contribution in [0.1, 0.15) is 26.2 Å². The zero-order chi connectivity index (χ0) is 21.0. The van der Waals surface area contributed by atoms with Gasteiger partial charge in [-0.3, -0.25) is 4.79 Å². The van der Waals surface area contributed by atoms with Gasteiger partial charge in [-0.05, 0) is 68.0 Å². The van der Waals surface area contributed by atoms with Crippen LogP contribution in [-0.4, -0.2) is 38.6 Å². The average Bonchev–Trinajstić information content (AvgIpc) is 3.09. The van der Waals surface area contributed by atoms with Crippen LogP contribution in [0, 0.1) is 12.7 Å². The first-order valence-corrected chi connectivity index (χ1v) is 10.2. The molecule has 1 unspecified atom stereocenters. The largest absolute Gasteiger partial charge is 0.497 e. The Morgan fingerprint density at radius 1 is 1.17 bits per heavy atom. The maximum Gasteiger partial charge on any atom is 0.261 e. The normalized spacial score (nSPS) is 12.1. The second-order valence-electron chi connectivity index (χ2n) is 7.05. The van der Waals surface area contributed by atoms with E-state index in [-0.39, 0.29) is 17.8 Å². The van der Waals surface area contributed by atoms with Crippen molar-refractivity contribution in [1.82, 2.24) is 10.2 Å². The monoisotopic (exact) mass is 412 g/mol. The quantitative estimate of drug-likeness (QED) is 0.600. The summed E-state index contributed by atoms with van der Waals surface area (Å²) in [5.74, 6) is 0.395. The number of halogens is 1. The Labute approximate surface area is 174 Å². The van der Waals surface area contributed by atoms with E-state index in [1.807, 2.05) is 62.3 Å². The Hall–Kier alpha value is -2.70. The molecule has 0 saturated heterocycles. The summed E-state index contributed by atoms with van der Waals surface area (Å²) in [5.41, 5.74) is 2.92. The van der Waals surface area contributed by atoms with Crippen molar-refractivity contribution >= 4 is 17.2 Å². The fraction of sp³-hybridized carbons (Fsp3) is 0.261. The van der Waals surface area contributed by atoms with E-state index in [9.17, 15) is 9.18 Å². The summed E-state index contributed by atoms with van der Waals surface area (Å²) in [6, 6.07) is 16.1. The standard InChI is InChI=1S/C23H25FN2O2S/c1-15-20(16-8-10-19(28-4)11-9-16)13-22(29-15)23(27)25-14-21(26(2)3)17-6-5-7-18(24)12-17/h5-13,21H,14H2,1-4H3,(H,25,27). The molecule has 3 aromatic rings. The topological polar surface area (TPSA) is 41.6 Å². The average molecular weight is 413 g/mol. The van der Waals surface area contributed by atoms with Gasteiger partial charge in [-0.15, -0.1) is 11.3 Å². The van der Waals surface area contributed by atoms with E-state index in [1.54, 1.807) is 13.2 Å². The highest BCUT2D eigenvalue weighted by molar-refractivity contribution is 7.14. The van der Waals surface area contributed by atoms with Gasteiger partial charge < -0.3 is 15.0 Å². The zero-order valence-electron chi connectivity index (χ0n) is 17.0. The van der Waals surface area contributed by atoms with E-state index in [4.69, 9.17) is 4.74 Å². The number of nitrogens with one attached hydrogen (secondary N) is 1. The first-order chi connectivity index (χ1) is 13.9. The number of methoxy groups -OCH3 is 1.